The minimum atomic E-state index is 0.429. The number of nitrogens with zero attached hydrogens (tertiary/aromatic N) is 4. The Morgan fingerprint density at radius 3 is 1.08 bits per heavy atom. The lowest BCUT2D eigenvalue weighted by molar-refractivity contribution is 1.13. The van der Waals surface area contributed by atoms with Crippen molar-refractivity contribution >= 4 is 107 Å². The summed E-state index contributed by atoms with van der Waals surface area (Å²) in [5.41, 5.74) is 13.8. The molecule has 11 aromatic carbocycles. The van der Waals surface area contributed by atoms with Crippen LogP contribution in [0.5, 0.6) is 0 Å². The molecule has 4 aromatic heterocycles. The third-order valence-corrected chi connectivity index (χ3v) is 17.4. The van der Waals surface area contributed by atoms with Gasteiger partial charge in [0.25, 0.3) is 0 Å². The van der Waals surface area contributed by atoms with Crippen molar-refractivity contribution in [3.8, 4) is 68.0 Å². The average molecular weight is 975 g/mol. The van der Waals surface area contributed by atoms with Crippen LogP contribution in [0.4, 0.5) is 0 Å². The number of nitriles is 2. The molecule has 0 aliphatic carbocycles. The van der Waals surface area contributed by atoms with Gasteiger partial charge in [0, 0.05) is 63.6 Å². The summed E-state index contributed by atoms with van der Waals surface area (Å²) in [6.07, 6.45) is 0. The van der Waals surface area contributed by atoms with Crippen molar-refractivity contribution in [2.75, 3.05) is 0 Å². The maximum atomic E-state index is 12.2. The van der Waals surface area contributed by atoms with Gasteiger partial charge < -0.3 is 9.13 Å². The molecule has 342 valence electrons. The van der Waals surface area contributed by atoms with Gasteiger partial charge >= 0.3 is 0 Å². The molecule has 0 aliphatic heterocycles. The first kappa shape index (κ1) is 42.2. The maximum absolute atomic E-state index is 12.2. The van der Waals surface area contributed by atoms with Crippen LogP contribution in [0, 0.1) is 22.7 Å². The van der Waals surface area contributed by atoms with Crippen molar-refractivity contribution in [2.24, 2.45) is 0 Å². The first-order valence-corrected chi connectivity index (χ1v) is 26.3. The number of hydrogen-bond acceptors (Lipinski definition) is 4. The highest BCUT2D eigenvalue weighted by Gasteiger charge is 2.33. The Balaban J connectivity index is 1.21. The molecule has 15 rings (SSSR count). The zero-order chi connectivity index (χ0) is 49.0. The molecule has 0 amide bonds. The third-order valence-electron chi connectivity index (χ3n) is 15.0. The predicted octanol–water partition coefficient (Wildman–Crippen LogP) is 19.0. The molecule has 0 saturated heterocycles. The molecule has 0 radical (unpaired) electrons. The topological polar surface area (TPSA) is 57.4 Å². The van der Waals surface area contributed by atoms with Crippen molar-refractivity contribution in [2.45, 2.75) is 0 Å². The zero-order valence-electron chi connectivity index (χ0n) is 39.5. The summed E-state index contributed by atoms with van der Waals surface area (Å²) in [6.45, 7) is 0. The maximum Gasteiger partial charge on any atom is 0.102 e. The van der Waals surface area contributed by atoms with Gasteiger partial charge in [-0.15, -0.1) is 22.7 Å². The molecule has 0 unspecified atom stereocenters. The van der Waals surface area contributed by atoms with E-state index >= 15 is 0 Å². The molecule has 0 bridgehead atoms. The molecule has 4 nitrogen and oxygen atoms in total. The Hall–Kier alpha value is -9.56. The van der Waals surface area contributed by atoms with E-state index in [2.05, 4.69) is 215 Å². The van der Waals surface area contributed by atoms with Gasteiger partial charge in [0.2, 0.25) is 0 Å². The number of aromatic nitrogens is 2. The standard InChI is InChI=1S/C68H38N4S2/c69-39-55-61(43-21-9-3-10-22-43)56(40-70)64(72-58-36-30-46(42-19-7-2-8-20-42)38-54(58)50-32-34-52-48-26-14-16-28-60(48)74-68(52)66(50)72)62(44-23-11-4-12-24-44)63(55)71-57-35-29-45(41-17-5-1-6-18-41)37-53(57)49-31-33-51-47-25-13-15-27-59(47)73-67(51)65(49)71/h1-38H. The van der Waals surface area contributed by atoms with Gasteiger partial charge in [-0.3, -0.25) is 0 Å². The van der Waals surface area contributed by atoms with Crippen molar-refractivity contribution < 1.29 is 0 Å². The Morgan fingerprint density at radius 1 is 0.297 bits per heavy atom. The molecule has 0 fully saturated rings. The van der Waals surface area contributed by atoms with Crippen LogP contribution in [-0.4, -0.2) is 9.13 Å². The highest BCUT2D eigenvalue weighted by molar-refractivity contribution is 7.27. The van der Waals surface area contributed by atoms with Crippen molar-refractivity contribution in [1.29, 1.82) is 10.5 Å². The smallest absolute Gasteiger partial charge is 0.102 e. The van der Waals surface area contributed by atoms with Gasteiger partial charge in [-0.25, -0.2) is 0 Å². The van der Waals surface area contributed by atoms with E-state index in [-0.39, 0.29) is 0 Å². The van der Waals surface area contributed by atoms with E-state index in [1.165, 1.54) is 20.2 Å². The van der Waals surface area contributed by atoms with Gasteiger partial charge in [0.05, 0.1) is 54.0 Å². The average Bonchev–Trinajstić information content (AvgIpc) is 4.23. The normalized spacial score (nSPS) is 11.8. The monoisotopic (exact) mass is 974 g/mol. The summed E-state index contributed by atoms with van der Waals surface area (Å²) in [5.74, 6) is 0. The first-order chi connectivity index (χ1) is 36.7. The first-order valence-electron chi connectivity index (χ1n) is 24.7. The van der Waals surface area contributed by atoms with Gasteiger partial charge in [-0.1, -0.05) is 194 Å². The summed E-state index contributed by atoms with van der Waals surface area (Å²) in [5, 5.41) is 33.4. The molecule has 0 saturated carbocycles. The Kier molecular flexibility index (Phi) is 9.40. The van der Waals surface area contributed by atoms with E-state index in [9.17, 15) is 10.5 Å². The number of thiophene rings is 2. The fraction of sp³-hybridized carbons (Fsp3) is 0. The second-order valence-electron chi connectivity index (χ2n) is 18.9. The zero-order valence-corrected chi connectivity index (χ0v) is 41.2. The van der Waals surface area contributed by atoms with Crippen molar-refractivity contribution in [3.63, 3.8) is 0 Å². The minimum absolute atomic E-state index is 0.429. The summed E-state index contributed by atoms with van der Waals surface area (Å²) in [4.78, 5) is 0. The number of fused-ring (bicyclic) bond motifs is 14. The van der Waals surface area contributed by atoms with E-state index in [0.29, 0.717) is 16.7 Å². The predicted molar refractivity (Wildman–Crippen MR) is 312 cm³/mol. The quantitative estimate of drug-likeness (QED) is 0.167. The van der Waals surface area contributed by atoms with E-state index in [1.807, 2.05) is 36.4 Å². The summed E-state index contributed by atoms with van der Waals surface area (Å²) >= 11 is 3.58. The van der Waals surface area contributed by atoms with Crippen LogP contribution in [0.3, 0.4) is 0 Å². The van der Waals surface area contributed by atoms with Gasteiger partial charge in [-0.2, -0.15) is 10.5 Å². The molecule has 0 spiro atoms. The Labute approximate surface area is 433 Å². The van der Waals surface area contributed by atoms with Crippen LogP contribution in [0.15, 0.2) is 231 Å². The summed E-state index contributed by atoms with van der Waals surface area (Å²) in [7, 11) is 0. The number of benzene rings is 11. The Bertz CT molecular complexity index is 4620. The SMILES string of the molecule is N#Cc1c(-c2ccccc2)c(C#N)c(-n2c3ccc(-c4ccccc4)cc3c3ccc4c5ccccc5sc4c32)c(-c2ccccc2)c1-n1c2ccc(-c3ccccc3)cc2c2ccc3c4ccccc4sc3c21. The van der Waals surface area contributed by atoms with Crippen LogP contribution in [-0.2, 0) is 0 Å². The molecule has 0 atom stereocenters. The fourth-order valence-corrected chi connectivity index (χ4v) is 14.3. The van der Waals surface area contributed by atoms with Gasteiger partial charge in [0.15, 0.2) is 0 Å². The molecular weight excluding hydrogens is 937 g/mol. The van der Waals surface area contributed by atoms with Crippen LogP contribution in [0.1, 0.15) is 11.1 Å². The van der Waals surface area contributed by atoms with Crippen molar-refractivity contribution in [3.05, 3.63) is 242 Å². The summed E-state index contributed by atoms with van der Waals surface area (Å²) < 4.78 is 9.41. The van der Waals surface area contributed by atoms with Crippen LogP contribution in [0.2, 0.25) is 0 Å². The van der Waals surface area contributed by atoms with E-state index in [1.54, 1.807) is 22.7 Å². The van der Waals surface area contributed by atoms with Crippen LogP contribution >= 0.6 is 22.7 Å². The fourth-order valence-electron chi connectivity index (χ4n) is 11.8. The van der Waals surface area contributed by atoms with Crippen LogP contribution < -0.4 is 0 Å². The lowest BCUT2D eigenvalue weighted by atomic mass is 9.86. The summed E-state index contributed by atoms with van der Waals surface area (Å²) in [6, 6.07) is 87.1. The Morgan fingerprint density at radius 2 is 0.662 bits per heavy atom. The number of hydrogen-bond donors (Lipinski definition) is 0. The number of rotatable bonds is 6. The van der Waals surface area contributed by atoms with Gasteiger partial charge in [-0.05, 0) is 69.8 Å². The molecular formula is C68H38N4S2. The molecule has 4 heterocycles. The molecule has 15 aromatic rings. The van der Waals surface area contributed by atoms with Gasteiger partial charge in [0.1, 0.15) is 12.1 Å². The molecule has 74 heavy (non-hydrogen) atoms. The lowest BCUT2D eigenvalue weighted by Gasteiger charge is -2.25. The van der Waals surface area contributed by atoms with Crippen molar-refractivity contribution in [1.82, 2.24) is 9.13 Å². The van der Waals surface area contributed by atoms with E-state index in [4.69, 9.17) is 0 Å². The molecule has 0 aliphatic rings. The minimum Gasteiger partial charge on any atom is -0.306 e. The lowest BCUT2D eigenvalue weighted by Crippen LogP contribution is -2.11. The molecule has 0 N–H and O–H groups in total. The molecule has 6 heteroatoms. The van der Waals surface area contributed by atoms with Crippen LogP contribution in [0.25, 0.3) is 140 Å². The highest BCUT2D eigenvalue weighted by atomic mass is 32.1. The van der Waals surface area contributed by atoms with E-state index in [0.717, 1.165) is 114 Å². The second kappa shape index (κ2) is 16.5. The van der Waals surface area contributed by atoms with E-state index < -0.39 is 0 Å². The second-order valence-corrected chi connectivity index (χ2v) is 21.0. The third kappa shape index (κ3) is 6.11. The highest BCUT2D eigenvalue weighted by Crippen LogP contribution is 2.52. The largest absolute Gasteiger partial charge is 0.306 e.